The summed E-state index contributed by atoms with van der Waals surface area (Å²) in [6.07, 6.45) is 0. The van der Waals surface area contributed by atoms with Crippen molar-refractivity contribution in [2.24, 2.45) is 0 Å². The fourth-order valence-electron chi connectivity index (χ4n) is 1.48. The van der Waals surface area contributed by atoms with Crippen LogP contribution in [0.2, 0.25) is 0 Å². The van der Waals surface area contributed by atoms with E-state index >= 15 is 0 Å². The van der Waals surface area contributed by atoms with Gasteiger partial charge in [-0.15, -0.1) is 0 Å². The van der Waals surface area contributed by atoms with Gasteiger partial charge in [0.2, 0.25) is 0 Å². The van der Waals surface area contributed by atoms with Crippen LogP contribution in [-0.2, 0) is 0 Å². The van der Waals surface area contributed by atoms with Gasteiger partial charge in [-0.1, -0.05) is 18.2 Å². The largest absolute Gasteiger partial charge is 0.349 e. The van der Waals surface area contributed by atoms with Gasteiger partial charge in [-0.3, -0.25) is 10.0 Å². The standard InChI is InChI=1S/C10H7N3O2/c11-5-7-6-3-1-2-4-8(6)12-9(7)10(14)13-15/h1-4,12,15H,(H,13,14). The monoisotopic (exact) mass is 201 g/mol. The van der Waals surface area contributed by atoms with Crippen LogP contribution in [0.1, 0.15) is 16.1 Å². The zero-order valence-electron chi connectivity index (χ0n) is 7.61. The van der Waals surface area contributed by atoms with E-state index in [1.54, 1.807) is 24.3 Å². The molecule has 0 aliphatic rings. The molecule has 0 saturated heterocycles. The van der Waals surface area contributed by atoms with Gasteiger partial charge < -0.3 is 4.98 Å². The molecule has 5 nitrogen and oxygen atoms in total. The Balaban J connectivity index is 2.76. The van der Waals surface area contributed by atoms with E-state index in [-0.39, 0.29) is 11.3 Å². The summed E-state index contributed by atoms with van der Waals surface area (Å²) in [6.45, 7) is 0. The molecule has 2 rings (SSSR count). The van der Waals surface area contributed by atoms with Crippen LogP contribution in [0.15, 0.2) is 24.3 Å². The van der Waals surface area contributed by atoms with Crippen molar-refractivity contribution in [1.82, 2.24) is 10.5 Å². The van der Waals surface area contributed by atoms with Gasteiger partial charge in [-0.2, -0.15) is 5.26 Å². The summed E-state index contributed by atoms with van der Waals surface area (Å²) in [6, 6.07) is 8.99. The Morgan fingerprint density at radius 2 is 2.20 bits per heavy atom. The van der Waals surface area contributed by atoms with E-state index < -0.39 is 5.91 Å². The highest BCUT2D eigenvalue weighted by atomic mass is 16.5. The van der Waals surface area contributed by atoms with Crippen LogP contribution in [0.4, 0.5) is 0 Å². The highest BCUT2D eigenvalue weighted by Gasteiger charge is 2.16. The highest BCUT2D eigenvalue weighted by molar-refractivity contribution is 6.02. The van der Waals surface area contributed by atoms with Gasteiger partial charge in [-0.05, 0) is 6.07 Å². The van der Waals surface area contributed by atoms with Crippen molar-refractivity contribution in [3.63, 3.8) is 0 Å². The van der Waals surface area contributed by atoms with E-state index in [4.69, 9.17) is 10.5 Å². The van der Waals surface area contributed by atoms with Gasteiger partial charge in [-0.25, -0.2) is 5.48 Å². The number of fused-ring (bicyclic) bond motifs is 1. The molecule has 0 spiro atoms. The Morgan fingerprint density at radius 1 is 1.47 bits per heavy atom. The SMILES string of the molecule is N#Cc1c(C(=O)NO)[nH]c2ccccc12. The fraction of sp³-hybridized carbons (Fsp3) is 0. The Morgan fingerprint density at radius 3 is 2.87 bits per heavy atom. The molecule has 2 aromatic rings. The third kappa shape index (κ3) is 1.33. The molecule has 0 bridgehead atoms. The number of carbonyl (C=O) groups is 1. The molecule has 3 N–H and O–H groups in total. The van der Waals surface area contributed by atoms with Crippen molar-refractivity contribution in [1.29, 1.82) is 5.26 Å². The molecule has 0 aliphatic carbocycles. The summed E-state index contributed by atoms with van der Waals surface area (Å²) in [5.74, 6) is -0.720. The van der Waals surface area contributed by atoms with Crippen LogP contribution in [0.5, 0.6) is 0 Å². The maximum absolute atomic E-state index is 11.2. The van der Waals surface area contributed by atoms with Crippen LogP contribution in [0, 0.1) is 11.3 Å². The number of hydrogen-bond donors (Lipinski definition) is 3. The number of rotatable bonds is 1. The first-order valence-corrected chi connectivity index (χ1v) is 4.23. The van der Waals surface area contributed by atoms with Crippen molar-refractivity contribution in [3.8, 4) is 6.07 Å². The van der Waals surface area contributed by atoms with Gasteiger partial charge in [0.1, 0.15) is 11.8 Å². The van der Waals surface area contributed by atoms with Crippen LogP contribution in [-0.4, -0.2) is 16.1 Å². The quantitative estimate of drug-likeness (QED) is 0.477. The van der Waals surface area contributed by atoms with Gasteiger partial charge in [0.15, 0.2) is 0 Å². The minimum absolute atomic E-state index is 0.0706. The smallest absolute Gasteiger partial charge is 0.292 e. The minimum atomic E-state index is -0.720. The second-order valence-corrected chi connectivity index (χ2v) is 2.97. The number of aromatic amines is 1. The fourth-order valence-corrected chi connectivity index (χ4v) is 1.48. The number of nitriles is 1. The summed E-state index contributed by atoms with van der Waals surface area (Å²) in [5.41, 5.74) is 2.49. The van der Waals surface area contributed by atoms with E-state index in [0.29, 0.717) is 10.9 Å². The predicted octanol–water partition coefficient (Wildman–Crippen LogP) is 1.16. The predicted molar refractivity (Wildman–Crippen MR) is 52.3 cm³/mol. The third-order valence-electron chi connectivity index (χ3n) is 2.15. The molecule has 0 saturated carbocycles. The normalized spacial score (nSPS) is 9.87. The molecule has 1 heterocycles. The molecule has 74 valence electrons. The van der Waals surface area contributed by atoms with Crippen LogP contribution in [0.25, 0.3) is 10.9 Å². The molecule has 1 aromatic heterocycles. The summed E-state index contributed by atoms with van der Waals surface area (Å²) >= 11 is 0. The lowest BCUT2D eigenvalue weighted by molar-refractivity contribution is 0.0701. The van der Waals surface area contributed by atoms with Crippen molar-refractivity contribution >= 4 is 16.8 Å². The number of amides is 1. The maximum Gasteiger partial charge on any atom is 0.292 e. The summed E-state index contributed by atoms with van der Waals surface area (Å²) in [4.78, 5) is 14.0. The average molecular weight is 201 g/mol. The van der Waals surface area contributed by atoms with Crippen molar-refractivity contribution in [2.75, 3.05) is 0 Å². The van der Waals surface area contributed by atoms with Crippen LogP contribution < -0.4 is 5.48 Å². The van der Waals surface area contributed by atoms with E-state index in [1.807, 2.05) is 6.07 Å². The molecule has 1 amide bonds. The summed E-state index contributed by atoms with van der Waals surface area (Å²) < 4.78 is 0. The highest BCUT2D eigenvalue weighted by Crippen LogP contribution is 2.21. The van der Waals surface area contributed by atoms with Crippen molar-refractivity contribution in [3.05, 3.63) is 35.5 Å². The lowest BCUT2D eigenvalue weighted by atomic mass is 10.1. The molecule has 5 heteroatoms. The molecular weight excluding hydrogens is 194 g/mol. The summed E-state index contributed by atoms with van der Waals surface area (Å²) in [7, 11) is 0. The van der Waals surface area contributed by atoms with E-state index in [0.717, 1.165) is 0 Å². The van der Waals surface area contributed by atoms with Crippen LogP contribution >= 0.6 is 0 Å². The third-order valence-corrected chi connectivity index (χ3v) is 2.15. The number of benzene rings is 1. The molecule has 0 aliphatic heterocycles. The van der Waals surface area contributed by atoms with Gasteiger partial charge in [0.25, 0.3) is 5.91 Å². The van der Waals surface area contributed by atoms with Crippen LogP contribution in [0.3, 0.4) is 0 Å². The first kappa shape index (κ1) is 9.24. The molecular formula is C10H7N3O2. The summed E-state index contributed by atoms with van der Waals surface area (Å²) in [5, 5.41) is 18.1. The average Bonchev–Trinajstić information content (AvgIpc) is 2.66. The number of aromatic nitrogens is 1. The molecule has 0 atom stereocenters. The Kier molecular flexibility index (Phi) is 2.12. The van der Waals surface area contributed by atoms with Gasteiger partial charge in [0.05, 0.1) is 5.56 Å². The number of para-hydroxylation sites is 1. The zero-order chi connectivity index (χ0) is 10.8. The number of hydroxylamine groups is 1. The second kappa shape index (κ2) is 3.44. The topological polar surface area (TPSA) is 88.9 Å². The second-order valence-electron chi connectivity index (χ2n) is 2.97. The number of carbonyl (C=O) groups excluding carboxylic acids is 1. The number of nitrogens with one attached hydrogen (secondary N) is 2. The number of H-pyrrole nitrogens is 1. The molecule has 0 radical (unpaired) electrons. The van der Waals surface area contributed by atoms with E-state index in [9.17, 15) is 4.79 Å². The minimum Gasteiger partial charge on any atom is -0.349 e. The lowest BCUT2D eigenvalue weighted by Gasteiger charge is -1.93. The Labute approximate surface area is 84.9 Å². The van der Waals surface area contributed by atoms with Crippen molar-refractivity contribution in [2.45, 2.75) is 0 Å². The molecule has 15 heavy (non-hydrogen) atoms. The zero-order valence-corrected chi connectivity index (χ0v) is 7.61. The maximum atomic E-state index is 11.2. The number of hydrogen-bond acceptors (Lipinski definition) is 3. The first-order chi connectivity index (χ1) is 7.27. The Bertz CT molecular complexity index is 566. The molecule has 1 aromatic carbocycles. The van der Waals surface area contributed by atoms with Gasteiger partial charge in [0, 0.05) is 10.9 Å². The van der Waals surface area contributed by atoms with Gasteiger partial charge >= 0.3 is 0 Å². The Hall–Kier alpha value is -2.32. The molecule has 0 unspecified atom stereocenters. The lowest BCUT2D eigenvalue weighted by Crippen LogP contribution is -2.19. The first-order valence-electron chi connectivity index (χ1n) is 4.23. The van der Waals surface area contributed by atoms with Crippen molar-refractivity contribution < 1.29 is 10.0 Å². The number of nitrogens with zero attached hydrogens (tertiary/aromatic N) is 1. The van der Waals surface area contributed by atoms with E-state index in [1.165, 1.54) is 5.48 Å². The molecule has 0 fully saturated rings. The van der Waals surface area contributed by atoms with E-state index in [2.05, 4.69) is 4.98 Å².